The van der Waals surface area contributed by atoms with Gasteiger partial charge in [0, 0.05) is 12.8 Å². The highest BCUT2D eigenvalue weighted by molar-refractivity contribution is 5.70. The molecule has 2 unspecified atom stereocenters. The first kappa shape index (κ1) is 26.2. The Morgan fingerprint density at radius 2 is 1.09 bits per heavy atom. The first-order valence-electron chi connectivity index (χ1n) is 10.9. The van der Waals surface area contributed by atoms with E-state index in [4.69, 9.17) is 9.47 Å². The van der Waals surface area contributed by atoms with Crippen molar-refractivity contribution in [1.82, 2.24) is 0 Å². The molecule has 2 atom stereocenters. The van der Waals surface area contributed by atoms with Gasteiger partial charge in [-0.2, -0.15) is 20.8 Å². The molecule has 0 aliphatic heterocycles. The molecule has 0 heterocycles. The van der Waals surface area contributed by atoms with Crippen molar-refractivity contribution in [2.24, 2.45) is 10.2 Å². The van der Waals surface area contributed by atoms with Crippen LogP contribution in [0.5, 0.6) is 0 Å². The minimum atomic E-state index is -1.31. The third-order valence-electron chi connectivity index (χ3n) is 5.09. The summed E-state index contributed by atoms with van der Waals surface area (Å²) in [6.07, 6.45) is 0.123. The molecule has 0 aliphatic carbocycles. The fourth-order valence-corrected chi connectivity index (χ4v) is 2.79. The van der Waals surface area contributed by atoms with Crippen LogP contribution in [0.15, 0.2) is 70.9 Å². The van der Waals surface area contributed by atoms with Gasteiger partial charge in [0.2, 0.25) is 0 Å². The first-order valence-corrected chi connectivity index (χ1v) is 10.9. The van der Waals surface area contributed by atoms with E-state index in [9.17, 15) is 20.1 Å². The van der Waals surface area contributed by atoms with Crippen LogP contribution in [0, 0.1) is 22.7 Å². The van der Waals surface area contributed by atoms with E-state index in [2.05, 4.69) is 10.2 Å². The van der Waals surface area contributed by atoms with Crippen molar-refractivity contribution < 1.29 is 19.1 Å². The Morgan fingerprint density at radius 1 is 0.735 bits per heavy atom. The van der Waals surface area contributed by atoms with E-state index in [0.717, 1.165) is 11.1 Å². The average Bonchev–Trinajstić information content (AvgIpc) is 2.88. The van der Waals surface area contributed by atoms with Crippen LogP contribution in [0.4, 0.5) is 0 Å². The maximum absolute atomic E-state index is 12.1. The van der Waals surface area contributed by atoms with Crippen molar-refractivity contribution in [1.29, 1.82) is 10.5 Å². The molecule has 2 rings (SSSR count). The van der Waals surface area contributed by atoms with E-state index in [0.29, 0.717) is 0 Å². The Kier molecular flexibility index (Phi) is 9.91. The molecule has 8 nitrogen and oxygen atoms in total. The van der Waals surface area contributed by atoms with Gasteiger partial charge in [0.1, 0.15) is 13.2 Å². The molecule has 0 saturated carbocycles. The number of esters is 2. The molecule has 8 heteroatoms. The van der Waals surface area contributed by atoms with Crippen molar-refractivity contribution >= 4 is 11.9 Å². The number of ether oxygens (including phenoxy) is 2. The summed E-state index contributed by atoms with van der Waals surface area (Å²) < 4.78 is 10.5. The number of nitriles is 2. The zero-order chi connectivity index (χ0) is 24.9. The Balaban J connectivity index is 1.84. The van der Waals surface area contributed by atoms with E-state index in [1.54, 1.807) is 0 Å². The lowest BCUT2D eigenvalue weighted by atomic mass is 9.97. The third kappa shape index (κ3) is 9.22. The number of azo groups is 1. The van der Waals surface area contributed by atoms with Gasteiger partial charge >= 0.3 is 11.9 Å². The quantitative estimate of drug-likeness (QED) is 0.322. The predicted molar refractivity (Wildman–Crippen MR) is 124 cm³/mol. The Labute approximate surface area is 199 Å². The number of hydrogen-bond donors (Lipinski definition) is 0. The van der Waals surface area contributed by atoms with E-state index < -0.39 is 23.0 Å². The zero-order valence-corrected chi connectivity index (χ0v) is 19.4. The van der Waals surface area contributed by atoms with Crippen LogP contribution >= 0.6 is 0 Å². The molecule has 0 saturated heterocycles. The van der Waals surface area contributed by atoms with E-state index in [-0.39, 0.29) is 38.9 Å². The maximum Gasteiger partial charge on any atom is 0.306 e. The Bertz CT molecular complexity index is 974. The van der Waals surface area contributed by atoms with Gasteiger partial charge in [-0.05, 0) is 37.8 Å². The van der Waals surface area contributed by atoms with Gasteiger partial charge in [-0.25, -0.2) is 0 Å². The summed E-state index contributed by atoms with van der Waals surface area (Å²) in [4.78, 5) is 24.1. The van der Waals surface area contributed by atoms with Gasteiger partial charge in [0.05, 0.1) is 12.1 Å². The minimum Gasteiger partial charge on any atom is -0.461 e. The summed E-state index contributed by atoms with van der Waals surface area (Å²) >= 11 is 0. The normalized spacial score (nSPS) is 14.2. The summed E-state index contributed by atoms with van der Waals surface area (Å²) in [6.45, 7) is 3.37. The van der Waals surface area contributed by atoms with Gasteiger partial charge in [0.15, 0.2) is 11.1 Å². The lowest BCUT2D eigenvalue weighted by Crippen LogP contribution is -2.25. The smallest absolute Gasteiger partial charge is 0.306 e. The van der Waals surface area contributed by atoms with Crippen LogP contribution < -0.4 is 0 Å². The minimum absolute atomic E-state index is 0.0228. The molecule has 0 radical (unpaired) electrons. The zero-order valence-electron chi connectivity index (χ0n) is 19.4. The van der Waals surface area contributed by atoms with Gasteiger partial charge in [0.25, 0.3) is 0 Å². The molecule has 176 valence electrons. The number of benzene rings is 2. The monoisotopic (exact) mass is 460 g/mol. The summed E-state index contributed by atoms with van der Waals surface area (Å²) in [5.41, 5.74) is -0.883. The van der Waals surface area contributed by atoms with Crippen molar-refractivity contribution in [3.8, 4) is 12.1 Å². The Morgan fingerprint density at radius 3 is 1.41 bits per heavy atom. The number of rotatable bonds is 12. The molecular weight excluding hydrogens is 432 g/mol. The van der Waals surface area contributed by atoms with Crippen LogP contribution in [0.1, 0.15) is 50.7 Å². The highest BCUT2D eigenvalue weighted by Gasteiger charge is 2.30. The second kappa shape index (κ2) is 12.9. The highest BCUT2D eigenvalue weighted by Crippen LogP contribution is 2.24. The fraction of sp³-hybridized carbons (Fsp3) is 0.385. The van der Waals surface area contributed by atoms with Gasteiger partial charge in [-0.1, -0.05) is 60.7 Å². The molecule has 0 spiro atoms. The standard InChI is InChI=1S/C26H28N4O4/c1-25(19-27,15-13-23(31)33-17-21-9-5-3-6-10-21)29-30-26(2,20-28)16-14-24(32)34-18-22-11-7-4-8-12-22/h3-12H,13-18H2,1-2H3/b30-29-. The molecule has 0 aromatic heterocycles. The van der Waals surface area contributed by atoms with Crippen molar-refractivity contribution in [3.63, 3.8) is 0 Å². The van der Waals surface area contributed by atoms with Gasteiger partial charge in [-0.15, -0.1) is 0 Å². The summed E-state index contributed by atoms with van der Waals surface area (Å²) in [7, 11) is 0. The number of nitrogens with zero attached hydrogens (tertiary/aromatic N) is 4. The van der Waals surface area contributed by atoms with Crippen LogP contribution in [0.25, 0.3) is 0 Å². The lowest BCUT2D eigenvalue weighted by Gasteiger charge is -2.19. The van der Waals surface area contributed by atoms with Crippen LogP contribution in [-0.4, -0.2) is 23.0 Å². The third-order valence-corrected chi connectivity index (χ3v) is 5.09. The van der Waals surface area contributed by atoms with Crippen molar-refractivity contribution in [2.45, 2.75) is 63.8 Å². The molecular formula is C26H28N4O4. The maximum atomic E-state index is 12.1. The van der Waals surface area contributed by atoms with E-state index in [1.165, 1.54) is 13.8 Å². The molecule has 0 amide bonds. The number of carbonyl (C=O) groups is 2. The second-order valence-electron chi connectivity index (χ2n) is 8.26. The highest BCUT2D eigenvalue weighted by atomic mass is 16.5. The predicted octanol–water partition coefficient (Wildman–Crippen LogP) is 5.05. The molecule has 2 aromatic rings. The van der Waals surface area contributed by atoms with E-state index in [1.807, 2.05) is 72.8 Å². The molecule has 0 N–H and O–H groups in total. The lowest BCUT2D eigenvalue weighted by molar-refractivity contribution is -0.146. The fourth-order valence-electron chi connectivity index (χ4n) is 2.79. The summed E-state index contributed by atoms with van der Waals surface area (Å²) in [5.74, 6) is -0.908. The summed E-state index contributed by atoms with van der Waals surface area (Å²) in [6, 6.07) is 22.6. The molecule has 34 heavy (non-hydrogen) atoms. The van der Waals surface area contributed by atoms with Gasteiger partial charge < -0.3 is 9.47 Å². The molecule has 0 bridgehead atoms. The number of carbonyl (C=O) groups excluding carboxylic acids is 2. The largest absolute Gasteiger partial charge is 0.461 e. The topological polar surface area (TPSA) is 125 Å². The van der Waals surface area contributed by atoms with Gasteiger partial charge in [-0.3, -0.25) is 9.59 Å². The average molecular weight is 461 g/mol. The van der Waals surface area contributed by atoms with Crippen LogP contribution in [-0.2, 0) is 32.3 Å². The number of hydrogen-bond acceptors (Lipinski definition) is 8. The molecule has 0 fully saturated rings. The second-order valence-corrected chi connectivity index (χ2v) is 8.26. The van der Waals surface area contributed by atoms with E-state index >= 15 is 0 Å². The van der Waals surface area contributed by atoms with Crippen LogP contribution in [0.2, 0.25) is 0 Å². The Hall–Kier alpha value is -4.04. The summed E-state index contributed by atoms with van der Waals surface area (Å²) in [5, 5.41) is 27.2. The van der Waals surface area contributed by atoms with Crippen molar-refractivity contribution in [2.75, 3.05) is 0 Å². The molecule has 2 aromatic carbocycles. The first-order chi connectivity index (χ1) is 16.3. The van der Waals surface area contributed by atoms with Crippen molar-refractivity contribution in [3.05, 3.63) is 71.8 Å². The molecule has 0 aliphatic rings. The van der Waals surface area contributed by atoms with Crippen LogP contribution in [0.3, 0.4) is 0 Å². The SMILES string of the molecule is CC(C#N)(CCC(=O)OCc1ccccc1)/N=N\C(C)(C#N)CCC(=O)OCc1ccccc1.